The van der Waals surface area contributed by atoms with E-state index in [1.54, 1.807) is 6.07 Å². The van der Waals surface area contributed by atoms with E-state index < -0.39 is 16.7 Å². The van der Waals surface area contributed by atoms with Gasteiger partial charge in [0.15, 0.2) is 17.2 Å². The van der Waals surface area contributed by atoms with E-state index in [1.807, 2.05) is 0 Å². The Hall–Kier alpha value is -3.75. The lowest BCUT2D eigenvalue weighted by Gasteiger charge is -2.08. The Morgan fingerprint density at radius 2 is 1.85 bits per heavy atom. The van der Waals surface area contributed by atoms with Gasteiger partial charge < -0.3 is 14.2 Å². The average molecular weight is 372 g/mol. The third-order valence-corrected chi connectivity index (χ3v) is 3.75. The number of methoxy groups -OCH3 is 2. The van der Waals surface area contributed by atoms with E-state index in [0.717, 1.165) is 0 Å². The molecule has 2 aromatic carbocycles. The fourth-order valence-corrected chi connectivity index (χ4v) is 2.46. The number of carbonyl (C=O) groups is 1. The van der Waals surface area contributed by atoms with Crippen molar-refractivity contribution in [2.24, 2.45) is 4.99 Å². The molecule has 0 unspecified atom stereocenters. The maximum absolute atomic E-state index is 13.9. The molecule has 27 heavy (non-hydrogen) atoms. The van der Waals surface area contributed by atoms with Gasteiger partial charge in [0.25, 0.3) is 5.69 Å². The largest absolute Gasteiger partial charge is 0.493 e. The van der Waals surface area contributed by atoms with Crippen LogP contribution in [0.2, 0.25) is 0 Å². The first-order valence-corrected chi connectivity index (χ1v) is 7.62. The summed E-state index contributed by atoms with van der Waals surface area (Å²) in [5.41, 5.74) is -0.453. The summed E-state index contributed by atoms with van der Waals surface area (Å²) in [4.78, 5) is 26.8. The highest BCUT2D eigenvalue weighted by Gasteiger charge is 2.27. The number of aliphatic imine (C=N–C) groups is 1. The van der Waals surface area contributed by atoms with Crippen molar-refractivity contribution < 1.29 is 28.3 Å². The Morgan fingerprint density at radius 1 is 1.19 bits per heavy atom. The van der Waals surface area contributed by atoms with Crippen molar-refractivity contribution in [1.29, 1.82) is 0 Å². The minimum atomic E-state index is -0.850. The van der Waals surface area contributed by atoms with E-state index in [9.17, 15) is 19.3 Å². The zero-order valence-electron chi connectivity index (χ0n) is 14.3. The molecule has 1 heterocycles. The summed E-state index contributed by atoms with van der Waals surface area (Å²) in [6, 6.07) is 8.17. The molecule has 0 fully saturated rings. The number of hydrogen-bond donors (Lipinski definition) is 0. The van der Waals surface area contributed by atoms with Crippen LogP contribution < -0.4 is 9.47 Å². The molecule has 0 N–H and O–H groups in total. The molecule has 8 nitrogen and oxygen atoms in total. The zero-order valence-corrected chi connectivity index (χ0v) is 14.3. The second kappa shape index (κ2) is 7.24. The first-order chi connectivity index (χ1) is 12.9. The molecule has 0 aliphatic carbocycles. The summed E-state index contributed by atoms with van der Waals surface area (Å²) in [6.07, 6.45) is 1.18. The number of benzene rings is 2. The van der Waals surface area contributed by atoms with Gasteiger partial charge in [0.1, 0.15) is 5.82 Å². The van der Waals surface area contributed by atoms with Crippen LogP contribution in [0.15, 0.2) is 47.1 Å². The van der Waals surface area contributed by atoms with E-state index in [4.69, 9.17) is 14.2 Å². The molecule has 0 saturated heterocycles. The Kier molecular flexibility index (Phi) is 4.84. The second-order valence-electron chi connectivity index (χ2n) is 5.34. The van der Waals surface area contributed by atoms with Crippen LogP contribution in [0.1, 0.15) is 11.1 Å². The smallest absolute Gasteiger partial charge is 0.363 e. The highest BCUT2D eigenvalue weighted by Crippen LogP contribution is 2.36. The van der Waals surface area contributed by atoms with Crippen LogP contribution in [0.3, 0.4) is 0 Å². The van der Waals surface area contributed by atoms with Gasteiger partial charge >= 0.3 is 5.97 Å². The van der Waals surface area contributed by atoms with Crippen molar-refractivity contribution in [2.75, 3.05) is 14.2 Å². The average Bonchev–Trinajstić information content (AvgIpc) is 3.01. The third kappa shape index (κ3) is 3.47. The van der Waals surface area contributed by atoms with Crippen LogP contribution in [0.25, 0.3) is 6.08 Å². The maximum Gasteiger partial charge on any atom is 0.363 e. The number of cyclic esters (lactones) is 1. The minimum absolute atomic E-state index is 0.0102. The normalized spacial score (nSPS) is 14.7. The SMILES string of the molecule is COc1cc(/C=C2\N=C(c3ccccc3F)OC2=O)c([N+](=O)[O-])cc1OC. The van der Waals surface area contributed by atoms with E-state index in [0.29, 0.717) is 0 Å². The predicted octanol–water partition coefficient (Wildman–Crippen LogP) is 3.10. The van der Waals surface area contributed by atoms with Gasteiger partial charge in [-0.05, 0) is 24.3 Å². The molecule has 2 aromatic rings. The second-order valence-corrected chi connectivity index (χ2v) is 5.34. The number of nitro groups is 1. The number of hydrogen-bond acceptors (Lipinski definition) is 7. The van der Waals surface area contributed by atoms with Crippen molar-refractivity contribution in [3.63, 3.8) is 0 Å². The van der Waals surface area contributed by atoms with Crippen LogP contribution in [-0.2, 0) is 9.53 Å². The molecule has 0 amide bonds. The van der Waals surface area contributed by atoms with Gasteiger partial charge in [0, 0.05) is 0 Å². The van der Waals surface area contributed by atoms with Gasteiger partial charge in [-0.25, -0.2) is 14.2 Å². The quantitative estimate of drug-likeness (QED) is 0.346. The first kappa shape index (κ1) is 18.1. The molecule has 0 radical (unpaired) electrons. The van der Waals surface area contributed by atoms with Crippen LogP contribution in [-0.4, -0.2) is 31.0 Å². The molecule has 1 aliphatic heterocycles. The van der Waals surface area contributed by atoms with E-state index in [2.05, 4.69) is 4.99 Å². The molecule has 0 aromatic heterocycles. The van der Waals surface area contributed by atoms with Gasteiger partial charge in [-0.2, -0.15) is 0 Å². The van der Waals surface area contributed by atoms with E-state index in [1.165, 1.54) is 50.6 Å². The summed E-state index contributed by atoms with van der Waals surface area (Å²) in [5, 5.41) is 11.4. The molecule has 0 saturated carbocycles. The molecule has 9 heteroatoms. The summed E-state index contributed by atoms with van der Waals surface area (Å²) >= 11 is 0. The number of nitrogens with zero attached hydrogens (tertiary/aromatic N) is 2. The van der Waals surface area contributed by atoms with Gasteiger partial charge in [-0.15, -0.1) is 0 Å². The third-order valence-electron chi connectivity index (χ3n) is 3.75. The number of esters is 1. The Bertz CT molecular complexity index is 999. The summed E-state index contributed by atoms with van der Waals surface area (Å²) in [5.74, 6) is -1.28. The van der Waals surface area contributed by atoms with Gasteiger partial charge in [-0.1, -0.05) is 12.1 Å². The van der Waals surface area contributed by atoms with Gasteiger partial charge in [0.2, 0.25) is 5.90 Å². The predicted molar refractivity (Wildman–Crippen MR) is 93.2 cm³/mol. The molecule has 138 valence electrons. The van der Waals surface area contributed by atoms with Gasteiger partial charge in [-0.3, -0.25) is 10.1 Å². The summed E-state index contributed by atoms with van der Waals surface area (Å²) in [6.45, 7) is 0. The van der Waals surface area contributed by atoms with Crippen LogP contribution in [0, 0.1) is 15.9 Å². The fraction of sp³-hybridized carbons (Fsp3) is 0.111. The molecule has 0 spiro atoms. The minimum Gasteiger partial charge on any atom is -0.493 e. The number of nitro benzene ring substituents is 1. The van der Waals surface area contributed by atoms with Crippen LogP contribution in [0.4, 0.5) is 10.1 Å². The van der Waals surface area contributed by atoms with Crippen LogP contribution >= 0.6 is 0 Å². The standard InChI is InChI=1S/C18H13FN2O6/c1-25-15-8-10(14(21(23)24)9-16(15)26-2)7-13-18(22)27-17(20-13)11-5-3-4-6-12(11)19/h3-9H,1-2H3/b13-7-. The Balaban J connectivity index is 2.09. The van der Waals surface area contributed by atoms with Crippen molar-refractivity contribution in [2.45, 2.75) is 0 Å². The molecule has 0 atom stereocenters. The highest BCUT2D eigenvalue weighted by atomic mass is 19.1. The summed E-state index contributed by atoms with van der Waals surface area (Å²) in [7, 11) is 2.72. The first-order valence-electron chi connectivity index (χ1n) is 7.62. The zero-order chi connectivity index (χ0) is 19.6. The Morgan fingerprint density at radius 3 is 2.48 bits per heavy atom. The molecular formula is C18H13FN2O6. The number of ether oxygens (including phenoxy) is 3. The topological polar surface area (TPSA) is 100 Å². The lowest BCUT2D eigenvalue weighted by atomic mass is 10.1. The number of carbonyl (C=O) groups excluding carboxylic acids is 1. The molecule has 1 aliphatic rings. The summed E-state index contributed by atoms with van der Waals surface area (Å²) < 4.78 is 29.0. The van der Waals surface area contributed by atoms with E-state index in [-0.39, 0.29) is 39.9 Å². The van der Waals surface area contributed by atoms with Crippen molar-refractivity contribution in [1.82, 2.24) is 0 Å². The lowest BCUT2D eigenvalue weighted by molar-refractivity contribution is -0.385. The fourth-order valence-electron chi connectivity index (χ4n) is 2.46. The molecule has 3 rings (SSSR count). The maximum atomic E-state index is 13.9. The lowest BCUT2D eigenvalue weighted by Crippen LogP contribution is -2.07. The molecular weight excluding hydrogens is 359 g/mol. The van der Waals surface area contributed by atoms with Gasteiger partial charge in [0.05, 0.1) is 36.3 Å². The van der Waals surface area contributed by atoms with Crippen molar-refractivity contribution in [3.8, 4) is 11.5 Å². The molecule has 0 bridgehead atoms. The van der Waals surface area contributed by atoms with E-state index >= 15 is 0 Å². The monoisotopic (exact) mass is 372 g/mol. The van der Waals surface area contributed by atoms with Crippen LogP contribution in [0.5, 0.6) is 11.5 Å². The van der Waals surface area contributed by atoms with Crippen molar-refractivity contribution >= 4 is 23.6 Å². The van der Waals surface area contributed by atoms with Crippen molar-refractivity contribution in [3.05, 3.63) is 69.2 Å². The number of halogens is 1. The highest BCUT2D eigenvalue weighted by molar-refractivity contribution is 6.13. The Labute approximate surface area is 152 Å². The number of rotatable bonds is 5.